The quantitative estimate of drug-likeness (QED) is 0.765. The first kappa shape index (κ1) is 15.4. The first-order chi connectivity index (χ1) is 11.5. The van der Waals surface area contributed by atoms with Crippen LogP contribution in [0.25, 0.3) is 22.5 Å². The number of hydrogen-bond donors (Lipinski definition) is 2. The van der Waals surface area contributed by atoms with Gasteiger partial charge in [-0.25, -0.2) is 9.59 Å². The standard InChI is InChI=1S/C18H12N2O4/c21-17(22)12-3-1-11(2-4-12)13-5-7-15(19-9-13)16-8-6-14(10-20-16)18(23)24/h1-10H,(H,21,22)(H,23,24). The van der Waals surface area contributed by atoms with E-state index in [0.29, 0.717) is 11.4 Å². The number of aromatic carboxylic acids is 2. The predicted octanol–water partition coefficient (Wildman–Crippen LogP) is 3.21. The second kappa shape index (κ2) is 6.29. The molecule has 0 aliphatic rings. The minimum atomic E-state index is -1.03. The van der Waals surface area contributed by atoms with Crippen molar-refractivity contribution in [1.82, 2.24) is 9.97 Å². The number of carboxylic acids is 2. The molecule has 0 aliphatic heterocycles. The van der Waals surface area contributed by atoms with Crippen LogP contribution in [0.2, 0.25) is 0 Å². The van der Waals surface area contributed by atoms with E-state index in [9.17, 15) is 9.59 Å². The van der Waals surface area contributed by atoms with Gasteiger partial charge >= 0.3 is 11.9 Å². The van der Waals surface area contributed by atoms with Crippen LogP contribution in [0.1, 0.15) is 20.7 Å². The lowest BCUT2D eigenvalue weighted by atomic mass is 10.0. The lowest BCUT2D eigenvalue weighted by Crippen LogP contribution is -1.97. The third kappa shape index (κ3) is 3.12. The van der Waals surface area contributed by atoms with Crippen LogP contribution in [0.5, 0.6) is 0 Å². The number of pyridine rings is 2. The summed E-state index contributed by atoms with van der Waals surface area (Å²) in [5.41, 5.74) is 3.25. The largest absolute Gasteiger partial charge is 0.478 e. The van der Waals surface area contributed by atoms with Crippen molar-refractivity contribution in [2.24, 2.45) is 0 Å². The molecule has 2 aromatic heterocycles. The number of hydrogen-bond acceptors (Lipinski definition) is 4. The van der Waals surface area contributed by atoms with E-state index in [-0.39, 0.29) is 11.1 Å². The first-order valence-corrected chi connectivity index (χ1v) is 7.04. The fourth-order valence-electron chi connectivity index (χ4n) is 2.19. The van der Waals surface area contributed by atoms with Crippen molar-refractivity contribution in [3.8, 4) is 22.5 Å². The maximum Gasteiger partial charge on any atom is 0.337 e. The van der Waals surface area contributed by atoms with Gasteiger partial charge in [0.25, 0.3) is 0 Å². The summed E-state index contributed by atoms with van der Waals surface area (Å²) in [7, 11) is 0. The summed E-state index contributed by atoms with van der Waals surface area (Å²) < 4.78 is 0. The molecule has 2 heterocycles. The van der Waals surface area contributed by atoms with Crippen molar-refractivity contribution in [3.63, 3.8) is 0 Å². The fraction of sp³-hybridized carbons (Fsp3) is 0. The van der Waals surface area contributed by atoms with Gasteiger partial charge in [-0.2, -0.15) is 0 Å². The van der Waals surface area contributed by atoms with Crippen LogP contribution in [0.3, 0.4) is 0 Å². The Bertz CT molecular complexity index is 809. The molecule has 24 heavy (non-hydrogen) atoms. The fourth-order valence-corrected chi connectivity index (χ4v) is 2.19. The Labute approximate surface area is 137 Å². The van der Waals surface area contributed by atoms with E-state index in [1.807, 2.05) is 6.07 Å². The van der Waals surface area contributed by atoms with Gasteiger partial charge < -0.3 is 10.2 Å². The van der Waals surface area contributed by atoms with Gasteiger partial charge in [0.05, 0.1) is 22.5 Å². The minimum Gasteiger partial charge on any atom is -0.478 e. The molecule has 0 atom stereocenters. The van der Waals surface area contributed by atoms with Gasteiger partial charge in [0.1, 0.15) is 0 Å². The molecule has 0 saturated carbocycles. The predicted molar refractivity (Wildman–Crippen MR) is 86.8 cm³/mol. The second-order valence-corrected chi connectivity index (χ2v) is 5.05. The molecule has 2 N–H and O–H groups in total. The monoisotopic (exact) mass is 320 g/mol. The van der Waals surface area contributed by atoms with Crippen LogP contribution in [0.15, 0.2) is 60.9 Å². The average molecular weight is 320 g/mol. The second-order valence-electron chi connectivity index (χ2n) is 5.05. The number of benzene rings is 1. The van der Waals surface area contributed by atoms with E-state index in [4.69, 9.17) is 10.2 Å². The average Bonchev–Trinajstić information content (AvgIpc) is 2.62. The SMILES string of the molecule is O=C(O)c1ccc(-c2ccc(-c3ccc(C(=O)O)cn3)nc2)cc1. The zero-order valence-corrected chi connectivity index (χ0v) is 12.4. The molecule has 3 rings (SSSR count). The Morgan fingerprint density at radius 2 is 1.12 bits per heavy atom. The van der Waals surface area contributed by atoms with Gasteiger partial charge in [-0.3, -0.25) is 9.97 Å². The number of aromatic nitrogens is 2. The summed E-state index contributed by atoms with van der Waals surface area (Å²) in [5.74, 6) is -1.99. The van der Waals surface area contributed by atoms with Crippen molar-refractivity contribution in [2.45, 2.75) is 0 Å². The Morgan fingerprint density at radius 3 is 1.58 bits per heavy atom. The molecule has 0 aliphatic carbocycles. The molecule has 0 amide bonds. The van der Waals surface area contributed by atoms with Crippen molar-refractivity contribution >= 4 is 11.9 Å². The van der Waals surface area contributed by atoms with Gasteiger partial charge in [0, 0.05) is 18.0 Å². The van der Waals surface area contributed by atoms with Gasteiger partial charge in [0.15, 0.2) is 0 Å². The molecular weight excluding hydrogens is 308 g/mol. The highest BCUT2D eigenvalue weighted by Crippen LogP contribution is 2.22. The maximum atomic E-state index is 10.9. The molecule has 0 bridgehead atoms. The molecule has 6 heteroatoms. The molecule has 0 fully saturated rings. The number of nitrogens with zero attached hydrogens (tertiary/aromatic N) is 2. The van der Waals surface area contributed by atoms with E-state index < -0.39 is 11.9 Å². The highest BCUT2D eigenvalue weighted by molar-refractivity contribution is 5.88. The number of carbonyl (C=O) groups is 2. The van der Waals surface area contributed by atoms with Crippen LogP contribution >= 0.6 is 0 Å². The highest BCUT2D eigenvalue weighted by atomic mass is 16.4. The summed E-state index contributed by atoms with van der Waals surface area (Å²) >= 11 is 0. The smallest absolute Gasteiger partial charge is 0.337 e. The number of rotatable bonds is 4. The highest BCUT2D eigenvalue weighted by Gasteiger charge is 2.07. The summed E-state index contributed by atoms with van der Waals surface area (Å²) in [6, 6.07) is 13.2. The molecule has 0 unspecified atom stereocenters. The van der Waals surface area contributed by atoms with Crippen LogP contribution in [-0.4, -0.2) is 32.1 Å². The van der Waals surface area contributed by atoms with E-state index in [2.05, 4.69) is 9.97 Å². The lowest BCUT2D eigenvalue weighted by Gasteiger charge is -2.04. The maximum absolute atomic E-state index is 10.9. The molecule has 6 nitrogen and oxygen atoms in total. The summed E-state index contributed by atoms with van der Waals surface area (Å²) in [6.45, 7) is 0. The molecule has 3 aromatic rings. The topological polar surface area (TPSA) is 100 Å². The normalized spacial score (nSPS) is 10.3. The summed E-state index contributed by atoms with van der Waals surface area (Å²) in [6.07, 6.45) is 2.95. The third-order valence-corrected chi connectivity index (χ3v) is 3.50. The first-order valence-electron chi connectivity index (χ1n) is 7.04. The molecule has 0 radical (unpaired) electrons. The van der Waals surface area contributed by atoms with Gasteiger partial charge in [-0.05, 0) is 35.9 Å². The Hall–Kier alpha value is -3.54. The van der Waals surface area contributed by atoms with E-state index >= 15 is 0 Å². The van der Waals surface area contributed by atoms with Crippen molar-refractivity contribution in [1.29, 1.82) is 0 Å². The van der Waals surface area contributed by atoms with E-state index in [1.54, 1.807) is 30.5 Å². The van der Waals surface area contributed by atoms with Gasteiger partial charge in [0.2, 0.25) is 0 Å². The van der Waals surface area contributed by atoms with Crippen LogP contribution in [-0.2, 0) is 0 Å². The minimum absolute atomic E-state index is 0.119. The molecule has 118 valence electrons. The van der Waals surface area contributed by atoms with Gasteiger partial charge in [-0.1, -0.05) is 18.2 Å². The van der Waals surface area contributed by atoms with Crippen LogP contribution in [0.4, 0.5) is 0 Å². The van der Waals surface area contributed by atoms with Gasteiger partial charge in [-0.15, -0.1) is 0 Å². The lowest BCUT2D eigenvalue weighted by molar-refractivity contribution is 0.0686. The van der Waals surface area contributed by atoms with Crippen LogP contribution < -0.4 is 0 Å². The summed E-state index contributed by atoms with van der Waals surface area (Å²) in [5, 5.41) is 17.8. The van der Waals surface area contributed by atoms with Crippen LogP contribution in [0, 0.1) is 0 Å². The number of carboxylic acid groups (broad SMARTS) is 2. The Kier molecular flexibility index (Phi) is 4.03. The van der Waals surface area contributed by atoms with Crippen molar-refractivity contribution in [2.75, 3.05) is 0 Å². The molecular formula is C18H12N2O4. The molecule has 0 saturated heterocycles. The zero-order valence-electron chi connectivity index (χ0n) is 12.4. The van der Waals surface area contributed by atoms with Crippen molar-refractivity contribution < 1.29 is 19.8 Å². The van der Waals surface area contributed by atoms with E-state index in [0.717, 1.165) is 11.1 Å². The molecule has 0 spiro atoms. The van der Waals surface area contributed by atoms with Crippen molar-refractivity contribution in [3.05, 3.63) is 72.1 Å². The third-order valence-electron chi connectivity index (χ3n) is 3.50. The molecule has 1 aromatic carbocycles. The Balaban J connectivity index is 1.84. The summed E-state index contributed by atoms with van der Waals surface area (Å²) in [4.78, 5) is 30.1. The van der Waals surface area contributed by atoms with E-state index in [1.165, 1.54) is 24.4 Å². The zero-order chi connectivity index (χ0) is 17.1. The Morgan fingerprint density at radius 1 is 0.625 bits per heavy atom.